The van der Waals surface area contributed by atoms with E-state index >= 15 is 0 Å². The fourth-order valence-electron chi connectivity index (χ4n) is 1.86. The molecule has 0 aliphatic carbocycles. The number of aliphatic hydroxyl groups is 1. The Morgan fingerprint density at radius 1 is 1.26 bits per heavy atom. The lowest BCUT2D eigenvalue weighted by atomic mass is 9.86. The van der Waals surface area contributed by atoms with Gasteiger partial charge in [-0.2, -0.15) is 13.2 Å². The van der Waals surface area contributed by atoms with Gasteiger partial charge < -0.3 is 9.63 Å². The van der Waals surface area contributed by atoms with E-state index in [1.165, 1.54) is 6.07 Å². The predicted molar refractivity (Wildman–Crippen MR) is 78.9 cm³/mol. The predicted octanol–water partition coefficient (Wildman–Crippen LogP) is 3.64. The maximum atomic E-state index is 12.2. The fourth-order valence-corrected chi connectivity index (χ4v) is 1.86. The van der Waals surface area contributed by atoms with Gasteiger partial charge in [0.1, 0.15) is 0 Å². The molecule has 1 aromatic heterocycles. The van der Waals surface area contributed by atoms with Crippen LogP contribution in [0.5, 0.6) is 0 Å². The number of anilines is 1. The van der Waals surface area contributed by atoms with Crippen LogP contribution in [-0.4, -0.2) is 29.0 Å². The molecule has 1 heterocycles. The van der Waals surface area contributed by atoms with Crippen molar-refractivity contribution in [3.05, 3.63) is 11.8 Å². The number of amides is 1. The van der Waals surface area contributed by atoms with E-state index in [0.29, 0.717) is 5.69 Å². The summed E-state index contributed by atoms with van der Waals surface area (Å²) in [6.07, 6.45) is -5.16. The largest absolute Gasteiger partial charge is 0.395 e. The lowest BCUT2D eigenvalue weighted by Crippen LogP contribution is -2.31. The summed E-state index contributed by atoms with van der Waals surface area (Å²) in [5, 5.41) is 15.6. The molecule has 0 unspecified atom stereocenters. The molecule has 132 valence electrons. The first-order chi connectivity index (χ1) is 10.4. The van der Waals surface area contributed by atoms with E-state index in [1.807, 2.05) is 0 Å². The van der Waals surface area contributed by atoms with Crippen LogP contribution >= 0.6 is 0 Å². The Labute approximate surface area is 133 Å². The highest BCUT2D eigenvalue weighted by Crippen LogP contribution is 2.30. The molecule has 0 fully saturated rings. The Morgan fingerprint density at radius 2 is 1.87 bits per heavy atom. The van der Waals surface area contributed by atoms with Crippen LogP contribution in [0.3, 0.4) is 0 Å². The van der Waals surface area contributed by atoms with Gasteiger partial charge in [0.25, 0.3) is 0 Å². The maximum absolute atomic E-state index is 12.2. The second-order valence-corrected chi connectivity index (χ2v) is 6.93. The number of halogens is 3. The summed E-state index contributed by atoms with van der Waals surface area (Å²) in [7, 11) is 0. The summed E-state index contributed by atoms with van der Waals surface area (Å²) in [4.78, 5) is 12.2. The molecule has 1 rings (SSSR count). The number of rotatable bonds is 7. The highest BCUT2D eigenvalue weighted by molar-refractivity contribution is 5.93. The monoisotopic (exact) mass is 336 g/mol. The molecule has 23 heavy (non-hydrogen) atoms. The lowest BCUT2D eigenvalue weighted by molar-refractivity contribution is -0.138. The fraction of sp³-hybridized carbons (Fsp3) is 0.733. The molecule has 0 aliphatic heterocycles. The van der Waals surface area contributed by atoms with Gasteiger partial charge in [-0.1, -0.05) is 32.9 Å². The first-order valence-electron chi connectivity index (χ1n) is 7.34. The zero-order chi connectivity index (χ0) is 17.9. The summed E-state index contributed by atoms with van der Waals surface area (Å²) in [5.41, 5.74) is -1.11. The van der Waals surface area contributed by atoms with Crippen LogP contribution in [0.2, 0.25) is 0 Å². The highest BCUT2D eigenvalue weighted by atomic mass is 19.4. The molecule has 0 spiro atoms. The van der Waals surface area contributed by atoms with E-state index in [1.54, 1.807) is 27.7 Å². The summed E-state index contributed by atoms with van der Waals surface area (Å²) >= 11 is 0. The lowest BCUT2D eigenvalue weighted by Gasteiger charge is -2.22. The van der Waals surface area contributed by atoms with Gasteiger partial charge in [0.15, 0.2) is 0 Å². The average molecular weight is 336 g/mol. The van der Waals surface area contributed by atoms with Gasteiger partial charge in [-0.25, -0.2) is 0 Å². The Morgan fingerprint density at radius 3 is 2.39 bits per heavy atom. The Kier molecular flexibility index (Phi) is 5.84. The van der Waals surface area contributed by atoms with Gasteiger partial charge in [-0.05, 0) is 12.8 Å². The topological polar surface area (TPSA) is 75.4 Å². The minimum atomic E-state index is -4.22. The summed E-state index contributed by atoms with van der Waals surface area (Å²) in [5.74, 6) is -0.334. The number of hydrogen-bond acceptors (Lipinski definition) is 4. The number of aliphatic hydroxyl groups excluding tert-OH is 1. The zero-order valence-electron chi connectivity index (χ0n) is 13.8. The number of aromatic nitrogens is 1. The molecule has 0 aliphatic rings. The number of hydrogen-bond donors (Lipinski definition) is 2. The van der Waals surface area contributed by atoms with Crippen LogP contribution in [-0.2, 0) is 10.2 Å². The number of nitrogens with one attached hydrogen (secondary N) is 1. The van der Waals surface area contributed by atoms with Gasteiger partial charge >= 0.3 is 6.18 Å². The third kappa shape index (κ3) is 5.85. The average Bonchev–Trinajstić information content (AvgIpc) is 2.86. The van der Waals surface area contributed by atoms with Gasteiger partial charge in [-0.15, -0.1) is 0 Å². The van der Waals surface area contributed by atoms with E-state index in [0.717, 1.165) is 0 Å². The van der Waals surface area contributed by atoms with Crippen molar-refractivity contribution in [2.45, 2.75) is 58.5 Å². The van der Waals surface area contributed by atoms with Gasteiger partial charge in [0.2, 0.25) is 11.8 Å². The smallest absolute Gasteiger partial charge is 0.389 e. The van der Waals surface area contributed by atoms with Crippen molar-refractivity contribution in [1.29, 1.82) is 0 Å². The minimum absolute atomic E-state index is 0.0987. The molecule has 1 aromatic rings. The van der Waals surface area contributed by atoms with Crippen molar-refractivity contribution in [2.24, 2.45) is 5.41 Å². The molecular weight excluding hydrogens is 313 g/mol. The van der Waals surface area contributed by atoms with Crippen molar-refractivity contribution in [3.8, 4) is 0 Å². The van der Waals surface area contributed by atoms with Crippen molar-refractivity contribution in [1.82, 2.24) is 5.16 Å². The van der Waals surface area contributed by atoms with E-state index in [2.05, 4.69) is 10.5 Å². The molecule has 0 bridgehead atoms. The Balaban J connectivity index is 2.64. The third-order valence-corrected chi connectivity index (χ3v) is 3.71. The molecular formula is C15H23F3N2O3. The molecule has 0 atom stereocenters. The van der Waals surface area contributed by atoms with Crippen molar-refractivity contribution in [3.63, 3.8) is 0 Å². The van der Waals surface area contributed by atoms with Crippen LogP contribution in [0.15, 0.2) is 10.6 Å². The normalized spacial score (nSPS) is 13.2. The summed E-state index contributed by atoms with van der Waals surface area (Å²) in [6.45, 7) is 6.53. The first-order valence-corrected chi connectivity index (χ1v) is 7.34. The second kappa shape index (κ2) is 6.90. The molecule has 0 aromatic carbocycles. The third-order valence-electron chi connectivity index (χ3n) is 3.71. The van der Waals surface area contributed by atoms with Crippen LogP contribution in [0.4, 0.5) is 19.1 Å². The highest BCUT2D eigenvalue weighted by Gasteiger charge is 2.32. The van der Waals surface area contributed by atoms with Crippen LogP contribution < -0.4 is 5.32 Å². The molecule has 1 amide bonds. The molecule has 0 saturated heterocycles. The summed E-state index contributed by atoms with van der Waals surface area (Å²) in [6, 6.07) is 1.50. The van der Waals surface area contributed by atoms with Crippen molar-refractivity contribution >= 4 is 11.8 Å². The molecule has 2 N–H and O–H groups in total. The molecule has 5 nitrogen and oxygen atoms in total. The maximum Gasteiger partial charge on any atom is 0.389 e. The first kappa shape index (κ1) is 19.5. The molecule has 0 radical (unpaired) electrons. The zero-order valence-corrected chi connectivity index (χ0v) is 13.8. The van der Waals surface area contributed by atoms with Gasteiger partial charge in [0.05, 0.1) is 12.3 Å². The van der Waals surface area contributed by atoms with Gasteiger partial charge in [-0.3, -0.25) is 10.1 Å². The van der Waals surface area contributed by atoms with E-state index < -0.39 is 29.3 Å². The van der Waals surface area contributed by atoms with Crippen LogP contribution in [0, 0.1) is 5.41 Å². The standard InChI is InChI=1S/C15H23F3N2O3/c1-13(2,6-5-7-15(16,17)18)12(22)19-11-8-10(20-23-11)14(3,4)9-21/h8,21H,5-7,9H2,1-4H3,(H,19,22). The van der Waals surface area contributed by atoms with E-state index in [9.17, 15) is 23.1 Å². The quantitative estimate of drug-likeness (QED) is 0.797. The SMILES string of the molecule is CC(C)(CCCC(F)(F)F)C(=O)Nc1cc(C(C)(C)CO)no1. The van der Waals surface area contributed by atoms with E-state index in [4.69, 9.17) is 4.52 Å². The number of carbonyl (C=O) groups is 1. The van der Waals surface area contributed by atoms with E-state index in [-0.39, 0.29) is 25.3 Å². The second-order valence-electron chi connectivity index (χ2n) is 6.93. The van der Waals surface area contributed by atoms with Crippen LogP contribution in [0.25, 0.3) is 0 Å². The van der Waals surface area contributed by atoms with Gasteiger partial charge in [0, 0.05) is 23.3 Å². The molecule has 8 heteroatoms. The molecule has 0 saturated carbocycles. The number of nitrogens with zero attached hydrogens (tertiary/aromatic N) is 1. The Bertz CT molecular complexity index is 536. The van der Waals surface area contributed by atoms with Crippen molar-refractivity contribution < 1.29 is 27.6 Å². The minimum Gasteiger partial charge on any atom is -0.395 e. The summed E-state index contributed by atoms with van der Waals surface area (Å²) < 4.78 is 41.6. The van der Waals surface area contributed by atoms with Crippen molar-refractivity contribution in [2.75, 3.05) is 11.9 Å². The Hall–Kier alpha value is -1.57. The number of alkyl halides is 3. The number of carbonyl (C=O) groups excluding carboxylic acids is 1. The van der Waals surface area contributed by atoms with Crippen LogP contribution in [0.1, 0.15) is 52.7 Å².